The van der Waals surface area contributed by atoms with Crippen LogP contribution in [0, 0.1) is 34.6 Å². The number of rotatable bonds is 4. The first-order chi connectivity index (χ1) is 16.1. The number of hydrogen-bond acceptors (Lipinski definition) is 3. The summed E-state index contributed by atoms with van der Waals surface area (Å²) in [7, 11) is 1.34. The van der Waals surface area contributed by atoms with Crippen molar-refractivity contribution in [2.75, 3.05) is 12.0 Å². The monoisotopic (exact) mass is 454 g/mol. The quantitative estimate of drug-likeness (QED) is 0.364. The van der Waals surface area contributed by atoms with Gasteiger partial charge >= 0.3 is 5.97 Å². The molecule has 0 unspecified atom stereocenters. The van der Waals surface area contributed by atoms with Crippen LogP contribution in [0.5, 0.6) is 0 Å². The SMILES string of the molecule is COC(=O)C1=C(C)N(c2cccc(C)c2)C(=O)/C1=C\c1cc(C)n(-c2cc(C)ccc2C)c1C. The minimum atomic E-state index is -0.518. The van der Waals surface area contributed by atoms with E-state index in [2.05, 4.69) is 49.6 Å². The van der Waals surface area contributed by atoms with Gasteiger partial charge in [-0.05, 0) is 94.1 Å². The molecule has 0 fully saturated rings. The molecule has 34 heavy (non-hydrogen) atoms. The summed E-state index contributed by atoms with van der Waals surface area (Å²) in [5, 5.41) is 0. The summed E-state index contributed by atoms with van der Waals surface area (Å²) in [5.41, 5.74) is 9.37. The topological polar surface area (TPSA) is 51.5 Å². The highest BCUT2D eigenvalue weighted by Gasteiger charge is 2.38. The predicted octanol–water partition coefficient (Wildman–Crippen LogP) is 5.90. The number of ether oxygens (including phenoxy) is 1. The molecule has 1 aromatic heterocycles. The molecule has 0 N–H and O–H groups in total. The van der Waals surface area contributed by atoms with Crippen molar-refractivity contribution in [2.24, 2.45) is 0 Å². The van der Waals surface area contributed by atoms with E-state index in [0.29, 0.717) is 16.8 Å². The Balaban J connectivity index is 1.88. The fourth-order valence-electron chi connectivity index (χ4n) is 4.68. The molecule has 174 valence electrons. The molecular weight excluding hydrogens is 424 g/mol. The molecule has 1 amide bonds. The van der Waals surface area contributed by atoms with Crippen LogP contribution in [0.3, 0.4) is 0 Å². The first-order valence-corrected chi connectivity index (χ1v) is 11.3. The zero-order chi connectivity index (χ0) is 24.7. The van der Waals surface area contributed by atoms with Gasteiger partial charge < -0.3 is 9.30 Å². The highest BCUT2D eigenvalue weighted by molar-refractivity contribution is 6.23. The molecule has 0 spiro atoms. The number of nitrogens with zero attached hydrogens (tertiary/aromatic N) is 2. The summed E-state index contributed by atoms with van der Waals surface area (Å²) in [5.74, 6) is -0.754. The van der Waals surface area contributed by atoms with Gasteiger partial charge in [-0.1, -0.05) is 24.3 Å². The third kappa shape index (κ3) is 3.87. The van der Waals surface area contributed by atoms with Crippen molar-refractivity contribution in [1.29, 1.82) is 0 Å². The number of benzene rings is 2. The van der Waals surface area contributed by atoms with Crippen LogP contribution in [0.25, 0.3) is 11.8 Å². The van der Waals surface area contributed by atoms with E-state index in [1.165, 1.54) is 18.2 Å². The minimum Gasteiger partial charge on any atom is -0.465 e. The number of carbonyl (C=O) groups is 2. The van der Waals surface area contributed by atoms with Gasteiger partial charge in [0.15, 0.2) is 0 Å². The van der Waals surface area contributed by atoms with Crippen molar-refractivity contribution < 1.29 is 14.3 Å². The molecule has 0 saturated carbocycles. The van der Waals surface area contributed by atoms with E-state index in [4.69, 9.17) is 4.74 Å². The molecule has 2 heterocycles. The molecule has 1 aliphatic rings. The van der Waals surface area contributed by atoms with Gasteiger partial charge in [-0.3, -0.25) is 9.69 Å². The van der Waals surface area contributed by atoms with Crippen molar-refractivity contribution in [3.05, 3.63) is 99.0 Å². The smallest absolute Gasteiger partial charge is 0.340 e. The van der Waals surface area contributed by atoms with Crippen molar-refractivity contribution in [3.8, 4) is 5.69 Å². The maximum absolute atomic E-state index is 13.6. The number of hydrogen-bond donors (Lipinski definition) is 0. The largest absolute Gasteiger partial charge is 0.465 e. The predicted molar refractivity (Wildman–Crippen MR) is 136 cm³/mol. The Morgan fingerprint density at radius 1 is 0.912 bits per heavy atom. The summed E-state index contributed by atoms with van der Waals surface area (Å²) in [6, 6.07) is 16.1. The lowest BCUT2D eigenvalue weighted by Gasteiger charge is -2.18. The maximum Gasteiger partial charge on any atom is 0.340 e. The van der Waals surface area contributed by atoms with Gasteiger partial charge in [0, 0.05) is 28.5 Å². The van der Waals surface area contributed by atoms with E-state index >= 15 is 0 Å². The summed E-state index contributed by atoms with van der Waals surface area (Å²) in [6.07, 6.45) is 1.82. The van der Waals surface area contributed by atoms with Crippen LogP contribution in [-0.2, 0) is 14.3 Å². The van der Waals surface area contributed by atoms with Gasteiger partial charge in [0.2, 0.25) is 0 Å². The Morgan fingerprint density at radius 2 is 1.62 bits per heavy atom. The Morgan fingerprint density at radius 3 is 2.29 bits per heavy atom. The fraction of sp³-hybridized carbons (Fsp3) is 0.241. The van der Waals surface area contributed by atoms with Crippen LogP contribution in [0.15, 0.2) is 65.4 Å². The molecule has 0 radical (unpaired) electrons. The second kappa shape index (κ2) is 8.82. The van der Waals surface area contributed by atoms with E-state index in [-0.39, 0.29) is 5.91 Å². The standard InChI is InChI=1S/C29H30N2O3/c1-17-9-8-10-24(13-17)31-22(6)27(29(33)34-7)25(28(31)32)16-23-15-20(4)30(21(23)5)26-14-18(2)11-12-19(26)3/h8-16H,1-7H3/b25-16-. The molecule has 1 aliphatic heterocycles. The average molecular weight is 455 g/mol. The summed E-state index contributed by atoms with van der Waals surface area (Å²) in [4.78, 5) is 28.0. The summed E-state index contributed by atoms with van der Waals surface area (Å²) < 4.78 is 7.26. The number of aromatic nitrogens is 1. The average Bonchev–Trinajstić information content (AvgIpc) is 3.21. The van der Waals surface area contributed by atoms with Crippen LogP contribution < -0.4 is 4.90 Å². The van der Waals surface area contributed by atoms with E-state index in [9.17, 15) is 9.59 Å². The molecule has 5 heteroatoms. The number of methoxy groups -OCH3 is 1. The second-order valence-electron chi connectivity index (χ2n) is 8.94. The number of amides is 1. The normalized spacial score (nSPS) is 15.0. The lowest BCUT2D eigenvalue weighted by molar-refractivity contribution is -0.136. The zero-order valence-corrected chi connectivity index (χ0v) is 20.8. The van der Waals surface area contributed by atoms with Gasteiger partial charge in [-0.2, -0.15) is 0 Å². The molecule has 4 rings (SSSR count). The Kier molecular flexibility index (Phi) is 6.05. The molecule has 0 saturated heterocycles. The summed E-state index contributed by atoms with van der Waals surface area (Å²) >= 11 is 0. The molecule has 0 bridgehead atoms. The van der Waals surface area contributed by atoms with Crippen LogP contribution in [0.2, 0.25) is 0 Å². The van der Waals surface area contributed by atoms with E-state index in [0.717, 1.165) is 33.9 Å². The number of esters is 1. The molecule has 0 aliphatic carbocycles. The van der Waals surface area contributed by atoms with Crippen LogP contribution in [0.1, 0.15) is 40.6 Å². The number of carbonyl (C=O) groups excluding carboxylic acids is 2. The third-order valence-electron chi connectivity index (χ3n) is 6.43. The lowest BCUT2D eigenvalue weighted by Crippen LogP contribution is -2.24. The van der Waals surface area contributed by atoms with Gasteiger partial charge in [0.25, 0.3) is 5.91 Å². The second-order valence-corrected chi connectivity index (χ2v) is 8.94. The number of anilines is 1. The van der Waals surface area contributed by atoms with Gasteiger partial charge in [-0.25, -0.2) is 4.79 Å². The van der Waals surface area contributed by atoms with Crippen molar-refractivity contribution in [3.63, 3.8) is 0 Å². The van der Waals surface area contributed by atoms with Gasteiger partial charge in [-0.15, -0.1) is 0 Å². The first-order valence-electron chi connectivity index (χ1n) is 11.3. The van der Waals surface area contributed by atoms with E-state index in [1.54, 1.807) is 11.8 Å². The molecule has 3 aromatic rings. The minimum absolute atomic E-state index is 0.236. The summed E-state index contributed by atoms with van der Waals surface area (Å²) in [6.45, 7) is 12.0. The molecule has 2 aromatic carbocycles. The van der Waals surface area contributed by atoms with Crippen LogP contribution in [0.4, 0.5) is 5.69 Å². The zero-order valence-electron chi connectivity index (χ0n) is 20.8. The number of aryl methyl sites for hydroxylation is 4. The fourth-order valence-corrected chi connectivity index (χ4v) is 4.68. The van der Waals surface area contributed by atoms with Crippen molar-refractivity contribution >= 4 is 23.6 Å². The van der Waals surface area contributed by atoms with Gasteiger partial charge in [0.1, 0.15) is 0 Å². The Hall–Kier alpha value is -3.86. The highest BCUT2D eigenvalue weighted by atomic mass is 16.5. The third-order valence-corrected chi connectivity index (χ3v) is 6.43. The first kappa shape index (κ1) is 23.3. The molecular formula is C29H30N2O3. The van der Waals surface area contributed by atoms with Crippen LogP contribution >= 0.6 is 0 Å². The van der Waals surface area contributed by atoms with Gasteiger partial charge in [0.05, 0.1) is 18.3 Å². The maximum atomic E-state index is 13.6. The molecule has 5 nitrogen and oxygen atoms in total. The van der Waals surface area contributed by atoms with Crippen molar-refractivity contribution in [1.82, 2.24) is 4.57 Å². The number of allylic oxidation sites excluding steroid dienone is 1. The van der Waals surface area contributed by atoms with Crippen LogP contribution in [-0.4, -0.2) is 23.6 Å². The lowest BCUT2D eigenvalue weighted by atomic mass is 10.0. The molecule has 0 atom stereocenters. The van der Waals surface area contributed by atoms with E-state index < -0.39 is 5.97 Å². The Bertz CT molecular complexity index is 1390. The van der Waals surface area contributed by atoms with Crippen molar-refractivity contribution in [2.45, 2.75) is 41.5 Å². The Labute approximate surface area is 201 Å². The van der Waals surface area contributed by atoms with E-state index in [1.807, 2.05) is 44.2 Å². The highest BCUT2D eigenvalue weighted by Crippen LogP contribution is 2.36.